The fourth-order valence-corrected chi connectivity index (χ4v) is 0.527. The Morgan fingerprint density at radius 2 is 2.40 bits per heavy atom. The summed E-state index contributed by atoms with van der Waals surface area (Å²) >= 11 is 4.18. The van der Waals surface area contributed by atoms with Crippen LogP contribution < -0.4 is 0 Å². The van der Waals surface area contributed by atoms with Crippen molar-refractivity contribution < 1.29 is 9.90 Å². The average molecular weight is 224 g/mol. The smallest absolute Gasteiger partial charge is 0.314 e. The molecule has 0 amide bonds. The van der Waals surface area contributed by atoms with Crippen molar-refractivity contribution in [2.45, 2.75) is 0 Å². The first-order valence-electron chi connectivity index (χ1n) is 2.39. The summed E-state index contributed by atoms with van der Waals surface area (Å²) in [6.45, 7) is 0. The van der Waals surface area contributed by atoms with Crippen molar-refractivity contribution in [2.24, 2.45) is 0 Å². The van der Waals surface area contributed by atoms with Gasteiger partial charge in [-0.25, -0.2) is 4.37 Å². The average Bonchev–Trinajstić information content (AvgIpc) is 2.43. The Hall–Kier alpha value is -0.420. The van der Waals surface area contributed by atoms with E-state index in [1.807, 2.05) is 11.4 Å². The molecule has 1 aromatic rings. The van der Waals surface area contributed by atoms with Gasteiger partial charge in [0, 0.05) is 11.6 Å². The van der Waals surface area contributed by atoms with Gasteiger partial charge in [-0.2, -0.15) is 0 Å². The number of hydrogen-bond donors (Lipinski definition) is 1. The van der Waals surface area contributed by atoms with Gasteiger partial charge in [-0.1, -0.05) is 15.9 Å². The van der Waals surface area contributed by atoms with E-state index in [0.29, 0.717) is 0 Å². The van der Waals surface area contributed by atoms with Gasteiger partial charge in [0.05, 0.1) is 0 Å². The summed E-state index contributed by atoms with van der Waals surface area (Å²) in [5, 5.41) is 9.64. The van der Waals surface area contributed by atoms with Gasteiger partial charge in [-0.05, 0) is 17.6 Å². The largest absolute Gasteiger partial charge is 0.481 e. The number of alkyl halides is 1. The van der Waals surface area contributed by atoms with E-state index in [9.17, 15) is 4.79 Å². The van der Waals surface area contributed by atoms with E-state index in [1.54, 1.807) is 6.20 Å². The van der Waals surface area contributed by atoms with Crippen molar-refractivity contribution in [2.75, 3.05) is 5.33 Å². The second-order valence-electron chi connectivity index (χ2n) is 1.22. The van der Waals surface area contributed by atoms with E-state index in [0.717, 1.165) is 0 Å². The van der Waals surface area contributed by atoms with Gasteiger partial charge in [0.25, 0.3) is 0 Å². The highest BCUT2D eigenvalue weighted by Crippen LogP contribution is 1.83. The van der Waals surface area contributed by atoms with E-state index < -0.39 is 5.97 Å². The first-order valence-corrected chi connectivity index (χ1v) is 4.35. The summed E-state index contributed by atoms with van der Waals surface area (Å²) in [4.78, 5) is 9.32. The molecule has 1 N–H and O–H groups in total. The van der Waals surface area contributed by atoms with Gasteiger partial charge < -0.3 is 5.11 Å². The second kappa shape index (κ2) is 6.70. The lowest BCUT2D eigenvalue weighted by molar-refractivity contribution is -0.133. The van der Waals surface area contributed by atoms with Crippen LogP contribution >= 0.6 is 27.5 Å². The molecular formula is C5H6BrNO2S. The van der Waals surface area contributed by atoms with Crippen molar-refractivity contribution in [3.05, 3.63) is 17.6 Å². The molecule has 0 saturated heterocycles. The molecule has 0 bridgehead atoms. The van der Waals surface area contributed by atoms with Crippen molar-refractivity contribution in [1.29, 1.82) is 0 Å². The third-order valence-electron chi connectivity index (χ3n) is 0.462. The molecule has 10 heavy (non-hydrogen) atoms. The predicted molar refractivity (Wildman–Crippen MR) is 43.5 cm³/mol. The van der Waals surface area contributed by atoms with Gasteiger partial charge in [0.2, 0.25) is 0 Å². The third-order valence-corrected chi connectivity index (χ3v) is 1.46. The molecule has 1 aromatic heterocycles. The van der Waals surface area contributed by atoms with Crippen LogP contribution in [0.3, 0.4) is 0 Å². The Labute approximate surface area is 71.0 Å². The maximum atomic E-state index is 9.32. The Morgan fingerprint density at radius 1 is 1.80 bits per heavy atom. The number of aliphatic carboxylic acids is 1. The molecule has 0 aliphatic carbocycles. The Bertz CT molecular complexity index is 149. The van der Waals surface area contributed by atoms with Crippen LogP contribution in [0.25, 0.3) is 0 Å². The summed E-state index contributed by atoms with van der Waals surface area (Å²) < 4.78 is 3.76. The van der Waals surface area contributed by atoms with E-state index in [-0.39, 0.29) is 5.33 Å². The molecule has 0 aliphatic heterocycles. The number of carboxylic acid groups (broad SMARTS) is 1. The zero-order valence-electron chi connectivity index (χ0n) is 5.03. The minimum atomic E-state index is -0.829. The molecule has 5 heteroatoms. The zero-order valence-corrected chi connectivity index (χ0v) is 7.43. The molecule has 0 fully saturated rings. The molecule has 56 valence electrons. The monoisotopic (exact) mass is 223 g/mol. The molecule has 1 rings (SSSR count). The van der Waals surface area contributed by atoms with Crippen LogP contribution in [0.1, 0.15) is 0 Å². The van der Waals surface area contributed by atoms with Crippen molar-refractivity contribution in [1.82, 2.24) is 4.37 Å². The molecule has 0 spiro atoms. The molecule has 0 saturated carbocycles. The molecule has 0 aromatic carbocycles. The maximum absolute atomic E-state index is 9.32. The van der Waals surface area contributed by atoms with E-state index >= 15 is 0 Å². The highest BCUT2D eigenvalue weighted by Gasteiger charge is 1.83. The van der Waals surface area contributed by atoms with Crippen LogP contribution in [-0.4, -0.2) is 20.8 Å². The van der Waals surface area contributed by atoms with Crippen LogP contribution in [-0.2, 0) is 4.79 Å². The normalized spacial score (nSPS) is 7.70. The summed E-state index contributed by atoms with van der Waals surface area (Å²) in [6.07, 6.45) is 1.77. The number of aromatic nitrogens is 1. The fourth-order valence-electron chi connectivity index (χ4n) is 0.176. The number of rotatable bonds is 1. The van der Waals surface area contributed by atoms with E-state index in [4.69, 9.17) is 5.11 Å². The minimum absolute atomic E-state index is 0.0347. The quantitative estimate of drug-likeness (QED) is 0.737. The molecular weight excluding hydrogens is 218 g/mol. The summed E-state index contributed by atoms with van der Waals surface area (Å²) in [5.41, 5.74) is 0. The Morgan fingerprint density at radius 3 is 2.50 bits per heavy atom. The fraction of sp³-hybridized carbons (Fsp3) is 0.200. The van der Waals surface area contributed by atoms with Crippen molar-refractivity contribution in [3.63, 3.8) is 0 Å². The third kappa shape index (κ3) is 7.58. The van der Waals surface area contributed by atoms with E-state index in [1.165, 1.54) is 11.5 Å². The lowest BCUT2D eigenvalue weighted by Crippen LogP contribution is -1.92. The van der Waals surface area contributed by atoms with Crippen molar-refractivity contribution in [3.8, 4) is 0 Å². The summed E-state index contributed by atoms with van der Waals surface area (Å²) in [7, 11) is 0. The first-order chi connectivity index (χ1) is 4.77. The van der Waals surface area contributed by atoms with Crippen molar-refractivity contribution >= 4 is 33.4 Å². The topological polar surface area (TPSA) is 50.2 Å². The lowest BCUT2D eigenvalue weighted by atomic mass is 10.8. The number of nitrogens with zero attached hydrogens (tertiary/aromatic N) is 1. The molecule has 0 radical (unpaired) electrons. The van der Waals surface area contributed by atoms with Gasteiger partial charge >= 0.3 is 5.97 Å². The van der Waals surface area contributed by atoms with Crippen LogP contribution in [0.2, 0.25) is 0 Å². The maximum Gasteiger partial charge on any atom is 0.314 e. The Kier molecular flexibility index (Phi) is 6.42. The first kappa shape index (κ1) is 9.58. The summed E-state index contributed by atoms with van der Waals surface area (Å²) in [6, 6.07) is 1.91. The van der Waals surface area contributed by atoms with Gasteiger partial charge in [0.1, 0.15) is 5.33 Å². The standard InChI is InChI=1S/C3H3NS.C2H3BrO2/c1-2-4-5-3-1;3-1-2(4)5/h1-3H;1H2,(H,4,5). The Balaban J connectivity index is 0.000000162. The van der Waals surface area contributed by atoms with Crippen LogP contribution in [0.5, 0.6) is 0 Å². The second-order valence-corrected chi connectivity index (χ2v) is 2.47. The highest BCUT2D eigenvalue weighted by molar-refractivity contribution is 9.09. The molecule has 0 atom stereocenters. The number of hydrogen-bond acceptors (Lipinski definition) is 3. The minimum Gasteiger partial charge on any atom is -0.481 e. The highest BCUT2D eigenvalue weighted by atomic mass is 79.9. The van der Waals surface area contributed by atoms with Gasteiger partial charge in [-0.15, -0.1) is 0 Å². The molecule has 0 aliphatic rings. The van der Waals surface area contributed by atoms with Crippen LogP contribution in [0.4, 0.5) is 0 Å². The van der Waals surface area contributed by atoms with Crippen LogP contribution in [0.15, 0.2) is 17.6 Å². The van der Waals surface area contributed by atoms with Gasteiger partial charge in [-0.3, -0.25) is 4.79 Å². The predicted octanol–water partition coefficient (Wildman–Crippen LogP) is 1.61. The molecule has 0 unspecified atom stereocenters. The number of carboxylic acids is 1. The SMILES string of the molecule is O=C(O)CBr.c1cnsc1. The number of carbonyl (C=O) groups is 1. The molecule has 3 nitrogen and oxygen atoms in total. The zero-order chi connectivity index (χ0) is 7.82. The summed E-state index contributed by atoms with van der Waals surface area (Å²) in [5.74, 6) is -0.829. The van der Waals surface area contributed by atoms with Gasteiger partial charge in [0.15, 0.2) is 0 Å². The van der Waals surface area contributed by atoms with E-state index in [2.05, 4.69) is 20.3 Å². The van der Waals surface area contributed by atoms with Crippen LogP contribution in [0, 0.1) is 0 Å². The number of halogens is 1. The lowest BCUT2D eigenvalue weighted by Gasteiger charge is -1.70. The molecule has 1 heterocycles.